The van der Waals surface area contributed by atoms with Crippen LogP contribution in [-0.4, -0.2) is 26.4 Å². The predicted octanol–water partition coefficient (Wildman–Crippen LogP) is 3.16. The Hall–Kier alpha value is -2.67. The normalized spacial score (nSPS) is 9.87. The number of anilines is 1. The molecule has 0 amide bonds. The van der Waals surface area contributed by atoms with E-state index in [2.05, 4.69) is 5.32 Å². The van der Waals surface area contributed by atoms with Gasteiger partial charge in [0.2, 0.25) is 5.75 Å². The molecule has 0 saturated carbocycles. The second kappa shape index (κ2) is 7.55. The SMILES string of the molecule is COc1cc(Oc2ccccc2NC(N)=S)cc(OC)c1OC. The molecule has 0 aliphatic rings. The molecule has 0 unspecified atom stereocenters. The number of nitrogens with two attached hydrogens (primary N) is 1. The lowest BCUT2D eigenvalue weighted by Gasteiger charge is -2.16. The van der Waals surface area contributed by atoms with Gasteiger partial charge in [0, 0.05) is 12.1 Å². The average Bonchev–Trinajstić information content (AvgIpc) is 2.55. The molecule has 0 bridgehead atoms. The minimum absolute atomic E-state index is 0.158. The van der Waals surface area contributed by atoms with Crippen molar-refractivity contribution < 1.29 is 18.9 Å². The highest BCUT2D eigenvalue weighted by atomic mass is 32.1. The van der Waals surface area contributed by atoms with Gasteiger partial charge in [0.05, 0.1) is 27.0 Å². The van der Waals surface area contributed by atoms with E-state index >= 15 is 0 Å². The van der Waals surface area contributed by atoms with Crippen molar-refractivity contribution in [2.45, 2.75) is 0 Å². The van der Waals surface area contributed by atoms with Crippen molar-refractivity contribution in [2.24, 2.45) is 5.73 Å². The maximum Gasteiger partial charge on any atom is 0.203 e. The fourth-order valence-electron chi connectivity index (χ4n) is 2.03. The lowest BCUT2D eigenvalue weighted by molar-refractivity contribution is 0.321. The van der Waals surface area contributed by atoms with Crippen molar-refractivity contribution in [1.29, 1.82) is 0 Å². The van der Waals surface area contributed by atoms with E-state index in [0.717, 1.165) is 0 Å². The summed E-state index contributed by atoms with van der Waals surface area (Å²) in [5.41, 5.74) is 6.19. The molecule has 0 fully saturated rings. The Morgan fingerprint density at radius 2 is 1.57 bits per heavy atom. The van der Waals surface area contributed by atoms with Crippen LogP contribution in [0.1, 0.15) is 0 Å². The van der Waals surface area contributed by atoms with Crippen LogP contribution in [0.4, 0.5) is 5.69 Å². The molecule has 0 aromatic heterocycles. The van der Waals surface area contributed by atoms with Crippen LogP contribution in [0.3, 0.4) is 0 Å². The van der Waals surface area contributed by atoms with Crippen molar-refractivity contribution in [3.05, 3.63) is 36.4 Å². The Kier molecular flexibility index (Phi) is 5.48. The van der Waals surface area contributed by atoms with Crippen LogP contribution in [0.25, 0.3) is 0 Å². The van der Waals surface area contributed by atoms with E-state index in [1.165, 1.54) is 0 Å². The zero-order valence-corrected chi connectivity index (χ0v) is 13.9. The lowest BCUT2D eigenvalue weighted by Crippen LogP contribution is -2.19. The highest BCUT2D eigenvalue weighted by Gasteiger charge is 2.15. The topological polar surface area (TPSA) is 75.0 Å². The summed E-state index contributed by atoms with van der Waals surface area (Å²) in [6.45, 7) is 0. The number of benzene rings is 2. The summed E-state index contributed by atoms with van der Waals surface area (Å²) in [6, 6.07) is 10.7. The number of hydrogen-bond acceptors (Lipinski definition) is 5. The number of para-hydroxylation sites is 2. The van der Waals surface area contributed by atoms with Crippen molar-refractivity contribution in [2.75, 3.05) is 26.6 Å². The minimum Gasteiger partial charge on any atom is -0.493 e. The molecule has 0 atom stereocenters. The van der Waals surface area contributed by atoms with Gasteiger partial charge in [-0.25, -0.2) is 0 Å². The number of methoxy groups -OCH3 is 3. The molecule has 23 heavy (non-hydrogen) atoms. The molecule has 0 radical (unpaired) electrons. The minimum atomic E-state index is 0.158. The molecule has 6 nitrogen and oxygen atoms in total. The van der Waals surface area contributed by atoms with E-state index < -0.39 is 0 Å². The zero-order chi connectivity index (χ0) is 16.8. The van der Waals surface area contributed by atoms with Gasteiger partial charge in [0.25, 0.3) is 0 Å². The first-order valence-corrected chi connectivity index (χ1v) is 7.13. The first kappa shape index (κ1) is 16.7. The smallest absolute Gasteiger partial charge is 0.203 e. The van der Waals surface area contributed by atoms with Crippen LogP contribution in [0.2, 0.25) is 0 Å². The van der Waals surface area contributed by atoms with E-state index in [0.29, 0.717) is 34.4 Å². The Morgan fingerprint density at radius 3 is 2.09 bits per heavy atom. The largest absolute Gasteiger partial charge is 0.493 e. The van der Waals surface area contributed by atoms with Gasteiger partial charge in [-0.2, -0.15) is 0 Å². The molecule has 0 heterocycles. The predicted molar refractivity (Wildman–Crippen MR) is 93.0 cm³/mol. The maximum absolute atomic E-state index is 5.90. The number of nitrogens with one attached hydrogen (secondary N) is 1. The van der Waals surface area contributed by atoms with Gasteiger partial charge in [-0.3, -0.25) is 0 Å². The lowest BCUT2D eigenvalue weighted by atomic mass is 10.2. The Labute approximate surface area is 140 Å². The first-order valence-electron chi connectivity index (χ1n) is 6.72. The summed E-state index contributed by atoms with van der Waals surface area (Å²) >= 11 is 4.87. The molecular formula is C16H18N2O4S. The van der Waals surface area contributed by atoms with Gasteiger partial charge in [-0.15, -0.1) is 0 Å². The van der Waals surface area contributed by atoms with Gasteiger partial charge in [0.15, 0.2) is 22.4 Å². The highest BCUT2D eigenvalue weighted by Crippen LogP contribution is 2.42. The number of hydrogen-bond donors (Lipinski definition) is 2. The van der Waals surface area contributed by atoms with Gasteiger partial charge in [-0.05, 0) is 24.4 Å². The molecule has 122 valence electrons. The number of rotatable bonds is 6. The first-order chi connectivity index (χ1) is 11.1. The van der Waals surface area contributed by atoms with Gasteiger partial charge in [-0.1, -0.05) is 12.1 Å². The second-order valence-electron chi connectivity index (χ2n) is 4.45. The fourth-order valence-corrected chi connectivity index (χ4v) is 2.14. The Morgan fingerprint density at radius 1 is 0.957 bits per heavy atom. The monoisotopic (exact) mass is 334 g/mol. The highest BCUT2D eigenvalue weighted by molar-refractivity contribution is 7.80. The van der Waals surface area contributed by atoms with E-state index in [9.17, 15) is 0 Å². The van der Waals surface area contributed by atoms with Crippen LogP contribution in [0.15, 0.2) is 36.4 Å². The van der Waals surface area contributed by atoms with E-state index in [4.69, 9.17) is 36.9 Å². The molecule has 2 rings (SSSR count). The van der Waals surface area contributed by atoms with Crippen molar-refractivity contribution >= 4 is 23.0 Å². The number of thiocarbonyl (C=S) groups is 1. The standard InChI is InChI=1S/C16H18N2O4S/c1-19-13-8-10(9-14(20-2)15(13)21-3)22-12-7-5-4-6-11(12)18-16(17)23/h4-9H,1-3H3,(H3,17,18,23). The molecule has 2 aromatic carbocycles. The van der Waals surface area contributed by atoms with Crippen LogP contribution < -0.4 is 30.0 Å². The van der Waals surface area contributed by atoms with Crippen LogP contribution in [-0.2, 0) is 0 Å². The van der Waals surface area contributed by atoms with Crippen molar-refractivity contribution in [3.63, 3.8) is 0 Å². The number of ether oxygens (including phenoxy) is 4. The summed E-state index contributed by atoms with van der Waals surface area (Å²) in [5.74, 6) is 2.59. The molecule has 0 saturated heterocycles. The molecule has 7 heteroatoms. The summed E-state index contributed by atoms with van der Waals surface area (Å²) in [7, 11) is 4.63. The van der Waals surface area contributed by atoms with E-state index in [-0.39, 0.29) is 5.11 Å². The molecule has 2 aromatic rings. The summed E-state index contributed by atoms with van der Waals surface area (Å²) in [6.07, 6.45) is 0. The average molecular weight is 334 g/mol. The zero-order valence-electron chi connectivity index (χ0n) is 13.1. The third-order valence-electron chi connectivity index (χ3n) is 3.01. The van der Waals surface area contributed by atoms with Gasteiger partial charge < -0.3 is 30.0 Å². The molecule has 3 N–H and O–H groups in total. The second-order valence-corrected chi connectivity index (χ2v) is 4.89. The Balaban J connectivity index is 2.39. The van der Waals surface area contributed by atoms with Crippen LogP contribution in [0.5, 0.6) is 28.7 Å². The van der Waals surface area contributed by atoms with Crippen molar-refractivity contribution in [1.82, 2.24) is 0 Å². The fraction of sp³-hybridized carbons (Fsp3) is 0.188. The molecular weight excluding hydrogens is 316 g/mol. The summed E-state index contributed by atoms with van der Waals surface area (Å²) in [4.78, 5) is 0. The quantitative estimate of drug-likeness (QED) is 0.786. The molecule has 0 spiro atoms. The van der Waals surface area contributed by atoms with E-state index in [1.54, 1.807) is 39.5 Å². The Bertz CT molecular complexity index is 681. The summed E-state index contributed by atoms with van der Waals surface area (Å²) in [5, 5.41) is 3.03. The van der Waals surface area contributed by atoms with Crippen LogP contribution in [0, 0.1) is 0 Å². The molecule has 0 aliphatic heterocycles. The maximum atomic E-state index is 5.90. The third-order valence-corrected chi connectivity index (χ3v) is 3.11. The van der Waals surface area contributed by atoms with Crippen molar-refractivity contribution in [3.8, 4) is 28.7 Å². The summed E-state index contributed by atoms with van der Waals surface area (Å²) < 4.78 is 21.8. The third kappa shape index (κ3) is 3.95. The van der Waals surface area contributed by atoms with E-state index in [1.807, 2.05) is 18.2 Å². The molecule has 0 aliphatic carbocycles. The van der Waals surface area contributed by atoms with Crippen LogP contribution >= 0.6 is 12.2 Å². The van der Waals surface area contributed by atoms with Gasteiger partial charge in [0.1, 0.15) is 5.75 Å². The van der Waals surface area contributed by atoms with Gasteiger partial charge >= 0.3 is 0 Å².